The highest BCUT2D eigenvalue weighted by Crippen LogP contribution is 2.02. The number of rotatable bonds is 5. The van der Waals surface area contributed by atoms with E-state index in [0.717, 1.165) is 5.56 Å². The molecule has 1 atom stereocenters. The van der Waals surface area contributed by atoms with Crippen LogP contribution < -0.4 is 16.4 Å². The number of hydrogen-bond acceptors (Lipinski definition) is 3. The molecule has 98 valence electrons. The van der Waals surface area contributed by atoms with Crippen LogP contribution in [-0.2, 0) is 4.79 Å². The first kappa shape index (κ1) is 14.2. The highest BCUT2D eigenvalue weighted by molar-refractivity contribution is 5.94. The first-order chi connectivity index (χ1) is 8.50. The maximum atomic E-state index is 11.7. The molecule has 0 spiro atoms. The van der Waals surface area contributed by atoms with Crippen LogP contribution in [0.25, 0.3) is 0 Å². The fourth-order valence-electron chi connectivity index (χ4n) is 1.33. The van der Waals surface area contributed by atoms with Crippen molar-refractivity contribution >= 4 is 11.8 Å². The molecule has 0 fully saturated rings. The van der Waals surface area contributed by atoms with Gasteiger partial charge in [-0.05, 0) is 26.0 Å². The van der Waals surface area contributed by atoms with Crippen LogP contribution in [0.4, 0.5) is 0 Å². The summed E-state index contributed by atoms with van der Waals surface area (Å²) in [6.45, 7) is 4.33. The monoisotopic (exact) mass is 249 g/mol. The zero-order valence-electron chi connectivity index (χ0n) is 10.7. The summed E-state index contributed by atoms with van der Waals surface area (Å²) < 4.78 is 0. The molecule has 0 aliphatic carbocycles. The summed E-state index contributed by atoms with van der Waals surface area (Å²) in [5, 5.41) is 5.34. The van der Waals surface area contributed by atoms with Gasteiger partial charge in [0.25, 0.3) is 5.91 Å². The fraction of sp³-hybridized carbons (Fsp3) is 0.385. The molecule has 1 unspecified atom stereocenters. The largest absolute Gasteiger partial charge is 0.353 e. The Hall–Kier alpha value is -1.88. The maximum Gasteiger partial charge on any atom is 0.251 e. The van der Waals surface area contributed by atoms with Crippen molar-refractivity contribution < 1.29 is 9.59 Å². The average Bonchev–Trinajstić information content (AvgIpc) is 2.34. The van der Waals surface area contributed by atoms with Gasteiger partial charge in [0.2, 0.25) is 5.91 Å². The van der Waals surface area contributed by atoms with E-state index in [-0.39, 0.29) is 11.8 Å². The molecule has 0 bridgehead atoms. The molecule has 0 saturated carbocycles. The van der Waals surface area contributed by atoms with E-state index in [0.29, 0.717) is 18.7 Å². The minimum absolute atomic E-state index is 0.148. The van der Waals surface area contributed by atoms with Gasteiger partial charge in [0, 0.05) is 18.7 Å². The van der Waals surface area contributed by atoms with Gasteiger partial charge in [-0.15, -0.1) is 0 Å². The van der Waals surface area contributed by atoms with Crippen LogP contribution in [0.2, 0.25) is 0 Å². The van der Waals surface area contributed by atoms with Crippen LogP contribution >= 0.6 is 0 Å². The van der Waals surface area contributed by atoms with Crippen molar-refractivity contribution in [1.82, 2.24) is 10.6 Å². The lowest BCUT2D eigenvalue weighted by Crippen LogP contribution is -2.42. The topological polar surface area (TPSA) is 84.2 Å². The van der Waals surface area contributed by atoms with Crippen molar-refractivity contribution in [2.75, 3.05) is 13.1 Å². The van der Waals surface area contributed by atoms with Crippen molar-refractivity contribution in [3.05, 3.63) is 35.4 Å². The molecule has 0 aliphatic heterocycles. The molecule has 0 heterocycles. The molecule has 4 N–H and O–H groups in total. The Bertz CT molecular complexity index is 413. The lowest BCUT2D eigenvalue weighted by atomic mass is 10.1. The molecule has 1 rings (SSSR count). The third-order valence-corrected chi connectivity index (χ3v) is 2.44. The number of nitrogens with two attached hydrogens (primary N) is 1. The van der Waals surface area contributed by atoms with Gasteiger partial charge in [-0.3, -0.25) is 9.59 Å². The number of benzene rings is 1. The van der Waals surface area contributed by atoms with Crippen LogP contribution in [-0.4, -0.2) is 30.9 Å². The third kappa shape index (κ3) is 4.55. The van der Waals surface area contributed by atoms with Gasteiger partial charge >= 0.3 is 0 Å². The minimum Gasteiger partial charge on any atom is -0.353 e. The Morgan fingerprint density at radius 1 is 1.17 bits per heavy atom. The van der Waals surface area contributed by atoms with E-state index in [1.807, 2.05) is 19.1 Å². The Morgan fingerprint density at radius 3 is 2.28 bits per heavy atom. The summed E-state index contributed by atoms with van der Waals surface area (Å²) in [6, 6.07) is 6.77. The standard InChI is InChI=1S/C13H19N3O2/c1-9-3-5-11(6-4-9)13(18)16-8-7-15-12(17)10(2)14/h3-6,10H,7-8,14H2,1-2H3,(H,15,17)(H,16,18). The predicted octanol–water partition coefficient (Wildman–Crippen LogP) is 0.188. The molecule has 0 aromatic heterocycles. The molecule has 0 aliphatic rings. The molecule has 2 amide bonds. The Kier molecular flexibility index (Phi) is 5.32. The fourth-order valence-corrected chi connectivity index (χ4v) is 1.33. The zero-order valence-corrected chi connectivity index (χ0v) is 10.7. The summed E-state index contributed by atoms with van der Waals surface area (Å²) in [5.41, 5.74) is 7.10. The molecule has 18 heavy (non-hydrogen) atoms. The summed E-state index contributed by atoms with van der Waals surface area (Å²) in [7, 11) is 0. The SMILES string of the molecule is Cc1ccc(C(=O)NCCNC(=O)C(C)N)cc1. The molecular formula is C13H19N3O2. The second-order valence-corrected chi connectivity index (χ2v) is 4.20. The molecule has 1 aromatic carbocycles. The van der Waals surface area contributed by atoms with Crippen LogP contribution in [0.3, 0.4) is 0 Å². The van der Waals surface area contributed by atoms with E-state index in [1.54, 1.807) is 19.1 Å². The van der Waals surface area contributed by atoms with Gasteiger partial charge in [-0.2, -0.15) is 0 Å². The lowest BCUT2D eigenvalue weighted by Gasteiger charge is -2.08. The number of aryl methyl sites for hydroxylation is 1. The van der Waals surface area contributed by atoms with Gasteiger partial charge in [0.1, 0.15) is 0 Å². The molecule has 5 nitrogen and oxygen atoms in total. The molecule has 0 saturated heterocycles. The van der Waals surface area contributed by atoms with Crippen LogP contribution in [0.1, 0.15) is 22.8 Å². The van der Waals surface area contributed by atoms with E-state index < -0.39 is 6.04 Å². The molecular weight excluding hydrogens is 230 g/mol. The normalized spacial score (nSPS) is 11.7. The van der Waals surface area contributed by atoms with E-state index >= 15 is 0 Å². The second-order valence-electron chi connectivity index (χ2n) is 4.20. The summed E-state index contributed by atoms with van der Waals surface area (Å²) in [4.78, 5) is 22.8. The highest BCUT2D eigenvalue weighted by Gasteiger charge is 2.07. The van der Waals surface area contributed by atoms with Crippen molar-refractivity contribution in [3.8, 4) is 0 Å². The number of carbonyl (C=O) groups excluding carboxylic acids is 2. The van der Waals surface area contributed by atoms with Gasteiger partial charge in [0.05, 0.1) is 6.04 Å². The van der Waals surface area contributed by atoms with Gasteiger partial charge in [-0.1, -0.05) is 17.7 Å². The molecule has 0 radical (unpaired) electrons. The van der Waals surface area contributed by atoms with Crippen molar-refractivity contribution in [3.63, 3.8) is 0 Å². The summed E-state index contributed by atoms with van der Waals surface area (Å²) >= 11 is 0. The smallest absolute Gasteiger partial charge is 0.251 e. The zero-order chi connectivity index (χ0) is 13.5. The third-order valence-electron chi connectivity index (χ3n) is 2.44. The summed E-state index contributed by atoms with van der Waals surface area (Å²) in [6.07, 6.45) is 0. The van der Waals surface area contributed by atoms with E-state index in [2.05, 4.69) is 10.6 Å². The highest BCUT2D eigenvalue weighted by atomic mass is 16.2. The Balaban J connectivity index is 2.29. The number of amides is 2. The number of nitrogens with one attached hydrogen (secondary N) is 2. The van der Waals surface area contributed by atoms with E-state index in [4.69, 9.17) is 5.73 Å². The first-order valence-corrected chi connectivity index (χ1v) is 5.89. The van der Waals surface area contributed by atoms with Gasteiger partial charge in [0.15, 0.2) is 0 Å². The predicted molar refractivity (Wildman–Crippen MR) is 70.2 cm³/mol. The van der Waals surface area contributed by atoms with Gasteiger partial charge in [-0.25, -0.2) is 0 Å². The van der Waals surface area contributed by atoms with Gasteiger partial charge < -0.3 is 16.4 Å². The van der Waals surface area contributed by atoms with Crippen LogP contribution in [0.5, 0.6) is 0 Å². The molecule has 1 aromatic rings. The van der Waals surface area contributed by atoms with Crippen molar-refractivity contribution in [1.29, 1.82) is 0 Å². The number of hydrogen-bond donors (Lipinski definition) is 3. The minimum atomic E-state index is -0.530. The van der Waals surface area contributed by atoms with E-state index in [9.17, 15) is 9.59 Å². The van der Waals surface area contributed by atoms with Crippen molar-refractivity contribution in [2.45, 2.75) is 19.9 Å². The van der Waals surface area contributed by atoms with E-state index in [1.165, 1.54) is 0 Å². The molecule has 5 heteroatoms. The average molecular weight is 249 g/mol. The number of carbonyl (C=O) groups is 2. The summed E-state index contributed by atoms with van der Waals surface area (Å²) in [5.74, 6) is -0.371. The lowest BCUT2D eigenvalue weighted by molar-refractivity contribution is -0.121. The quantitative estimate of drug-likeness (QED) is 0.651. The Morgan fingerprint density at radius 2 is 1.72 bits per heavy atom. The maximum absolute atomic E-state index is 11.7. The van der Waals surface area contributed by atoms with Crippen LogP contribution in [0, 0.1) is 6.92 Å². The first-order valence-electron chi connectivity index (χ1n) is 5.89. The van der Waals surface area contributed by atoms with Crippen LogP contribution in [0.15, 0.2) is 24.3 Å². The van der Waals surface area contributed by atoms with Crippen molar-refractivity contribution in [2.24, 2.45) is 5.73 Å². The Labute approximate surface area is 107 Å². The second kappa shape index (κ2) is 6.76.